The fourth-order valence-electron chi connectivity index (χ4n) is 3.15. The second-order valence-electron chi connectivity index (χ2n) is 5.77. The van der Waals surface area contributed by atoms with Crippen molar-refractivity contribution in [1.29, 1.82) is 0 Å². The molecule has 4 nitrogen and oxygen atoms in total. The lowest BCUT2D eigenvalue weighted by Crippen LogP contribution is -1.87. The van der Waals surface area contributed by atoms with Crippen LogP contribution in [0, 0.1) is 0 Å². The first-order chi connectivity index (χ1) is 11.9. The molecule has 0 amide bonds. The van der Waals surface area contributed by atoms with E-state index in [9.17, 15) is 0 Å². The van der Waals surface area contributed by atoms with Gasteiger partial charge >= 0.3 is 0 Å². The summed E-state index contributed by atoms with van der Waals surface area (Å²) in [6, 6.07) is 24.5. The molecule has 0 aliphatic heterocycles. The van der Waals surface area contributed by atoms with Crippen molar-refractivity contribution in [3.8, 4) is 22.6 Å². The number of nitrogens with one attached hydrogen (secondary N) is 2. The molecule has 2 N–H and O–H groups in total. The van der Waals surface area contributed by atoms with Crippen molar-refractivity contribution in [3.05, 3.63) is 72.8 Å². The number of rotatable bonds is 2. The van der Waals surface area contributed by atoms with Crippen LogP contribution in [0.2, 0.25) is 0 Å². The van der Waals surface area contributed by atoms with E-state index in [1.54, 1.807) is 0 Å². The first-order valence-electron chi connectivity index (χ1n) is 7.88. The normalized spacial score (nSPS) is 11.3. The van der Waals surface area contributed by atoms with Crippen LogP contribution in [-0.4, -0.2) is 20.2 Å². The summed E-state index contributed by atoms with van der Waals surface area (Å²) < 4.78 is 0. The van der Waals surface area contributed by atoms with E-state index >= 15 is 0 Å². The Morgan fingerprint density at radius 1 is 0.667 bits per heavy atom. The molecule has 0 fully saturated rings. The van der Waals surface area contributed by atoms with E-state index in [2.05, 4.69) is 33.4 Å². The van der Waals surface area contributed by atoms with Crippen LogP contribution >= 0.6 is 0 Å². The molecule has 2 aromatic heterocycles. The minimum Gasteiger partial charge on any atom is -0.338 e. The third kappa shape index (κ3) is 1.93. The average molecular weight is 310 g/mol. The summed E-state index contributed by atoms with van der Waals surface area (Å²) in [7, 11) is 0. The van der Waals surface area contributed by atoms with E-state index in [1.807, 2.05) is 54.6 Å². The van der Waals surface area contributed by atoms with Gasteiger partial charge in [0.05, 0.1) is 16.6 Å². The molecule has 0 saturated heterocycles. The Hall–Kier alpha value is -3.40. The van der Waals surface area contributed by atoms with Gasteiger partial charge in [-0.15, -0.1) is 0 Å². The van der Waals surface area contributed by atoms with Crippen molar-refractivity contribution in [2.45, 2.75) is 0 Å². The predicted octanol–water partition coefficient (Wildman–Crippen LogP) is 4.77. The van der Waals surface area contributed by atoms with Crippen LogP contribution in [0.5, 0.6) is 0 Å². The van der Waals surface area contributed by atoms with E-state index in [4.69, 9.17) is 4.98 Å². The van der Waals surface area contributed by atoms with Gasteiger partial charge < -0.3 is 4.98 Å². The molecule has 0 radical (unpaired) electrons. The van der Waals surface area contributed by atoms with E-state index in [0.29, 0.717) is 0 Å². The van der Waals surface area contributed by atoms with Crippen LogP contribution in [-0.2, 0) is 0 Å². The number of aromatic amines is 2. The van der Waals surface area contributed by atoms with E-state index in [-0.39, 0.29) is 0 Å². The fraction of sp³-hybridized carbons (Fsp3) is 0. The fourth-order valence-corrected chi connectivity index (χ4v) is 3.15. The molecule has 0 atom stereocenters. The van der Waals surface area contributed by atoms with Gasteiger partial charge in [-0.3, -0.25) is 5.10 Å². The number of aromatic nitrogens is 4. The Morgan fingerprint density at radius 2 is 1.38 bits per heavy atom. The Balaban J connectivity index is 1.76. The summed E-state index contributed by atoms with van der Waals surface area (Å²) in [5.74, 6) is 0.860. The number of H-pyrrole nitrogens is 2. The Kier molecular flexibility index (Phi) is 2.76. The van der Waals surface area contributed by atoms with E-state index in [0.717, 1.165) is 44.6 Å². The standard InChI is InChI=1S/C20H14N4/c1-2-8-14(20-21-17-11-5-6-12-18(17)22-20)13(7-1)19-15-9-3-4-10-16(15)23-24-19/h1-12H,(H,21,22)(H,23,24). The van der Waals surface area contributed by atoms with Crippen LogP contribution in [0.3, 0.4) is 0 Å². The molecule has 4 heteroatoms. The largest absolute Gasteiger partial charge is 0.338 e. The number of fused-ring (bicyclic) bond motifs is 2. The average Bonchev–Trinajstić information content (AvgIpc) is 3.26. The summed E-state index contributed by atoms with van der Waals surface area (Å²) in [6.45, 7) is 0. The lowest BCUT2D eigenvalue weighted by atomic mass is 10.0. The monoisotopic (exact) mass is 310 g/mol. The topological polar surface area (TPSA) is 57.4 Å². The number of nitrogens with zero attached hydrogens (tertiary/aromatic N) is 2. The quantitative estimate of drug-likeness (QED) is 0.493. The summed E-state index contributed by atoms with van der Waals surface area (Å²) in [4.78, 5) is 8.15. The van der Waals surface area contributed by atoms with E-state index < -0.39 is 0 Å². The molecule has 3 aromatic carbocycles. The highest BCUT2D eigenvalue weighted by Gasteiger charge is 2.15. The zero-order chi connectivity index (χ0) is 15.9. The number of para-hydroxylation sites is 3. The zero-order valence-corrected chi connectivity index (χ0v) is 12.8. The minimum absolute atomic E-state index is 0.860. The molecule has 24 heavy (non-hydrogen) atoms. The Labute approximate surface area is 138 Å². The predicted molar refractivity (Wildman–Crippen MR) is 96.6 cm³/mol. The molecule has 0 aliphatic carbocycles. The van der Waals surface area contributed by atoms with Crippen molar-refractivity contribution < 1.29 is 0 Å². The molecule has 5 aromatic rings. The van der Waals surface area contributed by atoms with Gasteiger partial charge in [0.1, 0.15) is 11.5 Å². The molecule has 114 valence electrons. The minimum atomic E-state index is 0.860. The summed E-state index contributed by atoms with van der Waals surface area (Å²) in [5, 5.41) is 8.76. The number of benzene rings is 3. The van der Waals surface area contributed by atoms with Crippen molar-refractivity contribution in [2.24, 2.45) is 0 Å². The van der Waals surface area contributed by atoms with Gasteiger partial charge in [0.25, 0.3) is 0 Å². The molecular weight excluding hydrogens is 296 g/mol. The first kappa shape index (κ1) is 13.1. The highest BCUT2D eigenvalue weighted by Crippen LogP contribution is 2.34. The van der Waals surface area contributed by atoms with E-state index in [1.165, 1.54) is 0 Å². The smallest absolute Gasteiger partial charge is 0.139 e. The van der Waals surface area contributed by atoms with Crippen LogP contribution in [0.25, 0.3) is 44.6 Å². The molecule has 0 spiro atoms. The van der Waals surface area contributed by atoms with Crippen molar-refractivity contribution in [2.75, 3.05) is 0 Å². The number of hydrogen-bond donors (Lipinski definition) is 2. The maximum absolute atomic E-state index is 4.74. The van der Waals surface area contributed by atoms with Gasteiger partial charge in [-0.1, -0.05) is 54.6 Å². The van der Waals surface area contributed by atoms with Gasteiger partial charge in [-0.05, 0) is 18.2 Å². The third-order valence-corrected chi connectivity index (χ3v) is 4.30. The Bertz CT molecular complexity index is 1130. The van der Waals surface area contributed by atoms with Crippen molar-refractivity contribution in [3.63, 3.8) is 0 Å². The van der Waals surface area contributed by atoms with Crippen LogP contribution in [0.15, 0.2) is 72.8 Å². The maximum atomic E-state index is 4.74. The molecule has 0 unspecified atom stereocenters. The molecule has 0 bridgehead atoms. The molecule has 0 aliphatic rings. The molecule has 0 saturated carbocycles. The van der Waals surface area contributed by atoms with Crippen molar-refractivity contribution >= 4 is 21.9 Å². The third-order valence-electron chi connectivity index (χ3n) is 4.30. The SMILES string of the molecule is c1ccc(-c2n[nH]c3ccccc23)c(-c2nc3ccccc3[nH]2)c1. The summed E-state index contributed by atoms with van der Waals surface area (Å²) in [6.07, 6.45) is 0. The molecular formula is C20H14N4. The lowest BCUT2D eigenvalue weighted by Gasteiger charge is -2.05. The second kappa shape index (κ2) is 5.06. The maximum Gasteiger partial charge on any atom is 0.139 e. The lowest BCUT2D eigenvalue weighted by molar-refractivity contribution is 1.12. The van der Waals surface area contributed by atoms with Gasteiger partial charge in [0, 0.05) is 16.5 Å². The number of imidazole rings is 1. The van der Waals surface area contributed by atoms with Gasteiger partial charge in [-0.2, -0.15) is 5.10 Å². The summed E-state index contributed by atoms with van der Waals surface area (Å²) in [5.41, 5.74) is 6.09. The molecule has 2 heterocycles. The number of hydrogen-bond acceptors (Lipinski definition) is 2. The Morgan fingerprint density at radius 3 is 2.25 bits per heavy atom. The van der Waals surface area contributed by atoms with Gasteiger partial charge in [0.15, 0.2) is 0 Å². The first-order valence-corrected chi connectivity index (χ1v) is 7.88. The van der Waals surface area contributed by atoms with Crippen LogP contribution < -0.4 is 0 Å². The van der Waals surface area contributed by atoms with Gasteiger partial charge in [-0.25, -0.2) is 4.98 Å². The van der Waals surface area contributed by atoms with Crippen molar-refractivity contribution in [1.82, 2.24) is 20.2 Å². The molecule has 5 rings (SSSR count). The second-order valence-corrected chi connectivity index (χ2v) is 5.77. The van der Waals surface area contributed by atoms with Crippen LogP contribution in [0.4, 0.5) is 0 Å². The summed E-state index contributed by atoms with van der Waals surface area (Å²) >= 11 is 0. The zero-order valence-electron chi connectivity index (χ0n) is 12.8. The highest BCUT2D eigenvalue weighted by atomic mass is 15.1. The van der Waals surface area contributed by atoms with Crippen LogP contribution in [0.1, 0.15) is 0 Å². The highest BCUT2D eigenvalue weighted by molar-refractivity contribution is 5.97. The van der Waals surface area contributed by atoms with Gasteiger partial charge in [0.2, 0.25) is 0 Å².